The van der Waals surface area contributed by atoms with Crippen LogP contribution in [-0.2, 0) is 0 Å². The summed E-state index contributed by atoms with van der Waals surface area (Å²) >= 11 is 0. The molecule has 322 valence electrons. The molecular weight excluding hydrogens is 849 g/mol. The van der Waals surface area contributed by atoms with E-state index in [1.165, 1.54) is 153 Å². The largest absolute Gasteiger partial charge is 0.307 e. The van der Waals surface area contributed by atoms with Crippen molar-refractivity contribution >= 4 is 120 Å². The van der Waals surface area contributed by atoms with Crippen molar-refractivity contribution in [2.75, 3.05) is 0 Å². The topological polar surface area (TPSA) is 18.7 Å². The Bertz CT molecular complexity index is 4620. The van der Waals surface area contributed by atoms with E-state index >= 15 is 0 Å². The fourth-order valence-corrected chi connectivity index (χ4v) is 13.1. The summed E-state index contributed by atoms with van der Waals surface area (Å²) < 4.78 is 10.3. The van der Waals surface area contributed by atoms with Crippen molar-refractivity contribution in [1.29, 1.82) is 0 Å². The molecule has 0 saturated heterocycles. The number of para-hydroxylation sites is 6. The van der Waals surface area contributed by atoms with Crippen molar-refractivity contribution in [1.82, 2.24) is 17.9 Å². The number of benzene rings is 11. The standard InChI is InChI=1S/C66H38N4/c1-3-17-39(18-4-1)41-33-35-47-57(37-41)69-63-49(25-15-31-55(63)67-51-27-11-7-21-43(51)44-22-8-12-28-52(44)67)62-60-48-36-34-42(40-19-5-2-6-20-40)38-58(48)70-64-50(61(66(60)70)59(47)65(62)69)26-16-32-56(64)68-53-29-13-9-23-45(53)46-24-10-14-30-54(46)68/h1-38H. The van der Waals surface area contributed by atoms with Crippen molar-refractivity contribution in [3.63, 3.8) is 0 Å². The molecule has 4 heteroatoms. The van der Waals surface area contributed by atoms with Gasteiger partial charge in [-0.1, -0.05) is 182 Å². The summed E-state index contributed by atoms with van der Waals surface area (Å²) in [5.41, 5.74) is 19.4. The quantitative estimate of drug-likeness (QED) is 0.168. The Morgan fingerprint density at radius 1 is 0.200 bits per heavy atom. The first-order valence-electron chi connectivity index (χ1n) is 24.3. The SMILES string of the molecule is c1ccc(-c2ccc3c4c5c6cccc(-n7c8ccccc8c8ccccc87)c6n6c7cc(-c8ccccc8)ccc7c(c7c8cccc(-n9c%10ccccc%10c%10ccccc%109)c8n(c3c2)c47)c56)cc1. The summed E-state index contributed by atoms with van der Waals surface area (Å²) in [6.07, 6.45) is 0. The molecule has 6 heterocycles. The first kappa shape index (κ1) is 36.7. The van der Waals surface area contributed by atoms with Gasteiger partial charge in [0.05, 0.1) is 66.5 Å². The number of nitrogens with zero attached hydrogens (tertiary/aromatic N) is 4. The third-order valence-electron chi connectivity index (χ3n) is 15.8. The van der Waals surface area contributed by atoms with Gasteiger partial charge < -0.3 is 17.9 Å². The molecule has 11 aromatic carbocycles. The smallest absolute Gasteiger partial charge is 0.0783 e. The van der Waals surface area contributed by atoms with Crippen LogP contribution in [0.3, 0.4) is 0 Å². The van der Waals surface area contributed by atoms with E-state index in [0.717, 1.165) is 0 Å². The van der Waals surface area contributed by atoms with Gasteiger partial charge in [-0.25, -0.2) is 0 Å². The molecule has 70 heavy (non-hydrogen) atoms. The molecule has 0 spiro atoms. The van der Waals surface area contributed by atoms with E-state index < -0.39 is 0 Å². The lowest BCUT2D eigenvalue weighted by molar-refractivity contribution is 1.18. The van der Waals surface area contributed by atoms with Crippen LogP contribution in [-0.4, -0.2) is 17.9 Å². The monoisotopic (exact) mass is 886 g/mol. The third-order valence-corrected chi connectivity index (χ3v) is 15.8. The minimum atomic E-state index is 1.17. The lowest BCUT2D eigenvalue weighted by atomic mass is 9.96. The highest BCUT2D eigenvalue weighted by molar-refractivity contribution is 6.46. The van der Waals surface area contributed by atoms with Gasteiger partial charge >= 0.3 is 0 Å². The third kappa shape index (κ3) is 4.47. The van der Waals surface area contributed by atoms with Crippen LogP contribution in [0.1, 0.15) is 0 Å². The maximum Gasteiger partial charge on any atom is 0.0783 e. The van der Waals surface area contributed by atoms with E-state index in [-0.39, 0.29) is 0 Å². The summed E-state index contributed by atoms with van der Waals surface area (Å²) in [6, 6.07) is 85.7. The Morgan fingerprint density at radius 2 is 0.529 bits per heavy atom. The highest BCUT2D eigenvalue weighted by Crippen LogP contribution is 2.54. The molecule has 0 aliphatic carbocycles. The molecule has 0 N–H and O–H groups in total. The van der Waals surface area contributed by atoms with E-state index in [0.29, 0.717) is 0 Å². The molecule has 6 aromatic heterocycles. The van der Waals surface area contributed by atoms with Gasteiger partial charge in [-0.15, -0.1) is 0 Å². The first-order valence-corrected chi connectivity index (χ1v) is 24.3. The zero-order valence-electron chi connectivity index (χ0n) is 37.7. The molecule has 0 unspecified atom stereocenters. The minimum absolute atomic E-state index is 1.17. The molecule has 0 radical (unpaired) electrons. The fraction of sp³-hybridized carbons (Fsp3) is 0. The molecule has 0 aliphatic rings. The van der Waals surface area contributed by atoms with Crippen LogP contribution in [0.4, 0.5) is 0 Å². The summed E-state index contributed by atoms with van der Waals surface area (Å²) in [7, 11) is 0. The van der Waals surface area contributed by atoms with Gasteiger partial charge in [-0.3, -0.25) is 0 Å². The van der Waals surface area contributed by atoms with Crippen molar-refractivity contribution in [2.24, 2.45) is 0 Å². The Balaban J connectivity index is 1.14. The highest BCUT2D eigenvalue weighted by Gasteiger charge is 2.31. The van der Waals surface area contributed by atoms with Gasteiger partial charge in [0.1, 0.15) is 0 Å². The molecule has 0 aliphatic heterocycles. The lowest BCUT2D eigenvalue weighted by Gasteiger charge is -2.11. The van der Waals surface area contributed by atoms with E-state index in [1.54, 1.807) is 0 Å². The maximum atomic E-state index is 2.65. The number of hydrogen-bond donors (Lipinski definition) is 0. The molecule has 0 amide bonds. The number of rotatable bonds is 4. The van der Waals surface area contributed by atoms with Crippen molar-refractivity contribution < 1.29 is 0 Å². The van der Waals surface area contributed by atoms with Gasteiger partial charge in [0.15, 0.2) is 0 Å². The van der Waals surface area contributed by atoms with Crippen LogP contribution in [0.5, 0.6) is 0 Å². The zero-order valence-corrected chi connectivity index (χ0v) is 37.7. The summed E-state index contributed by atoms with van der Waals surface area (Å²) in [6.45, 7) is 0. The molecular formula is C66H38N4. The molecule has 0 saturated carbocycles. The summed E-state index contributed by atoms with van der Waals surface area (Å²) in [4.78, 5) is 0. The van der Waals surface area contributed by atoms with E-state index in [2.05, 4.69) is 248 Å². The zero-order chi connectivity index (χ0) is 45.3. The maximum absolute atomic E-state index is 2.65. The van der Waals surface area contributed by atoms with Crippen LogP contribution in [0.25, 0.3) is 153 Å². The van der Waals surface area contributed by atoms with Gasteiger partial charge in [0, 0.05) is 64.6 Å². The Kier molecular flexibility index (Phi) is 6.92. The number of fused-ring (bicyclic) bond motifs is 20. The second kappa shape index (κ2) is 13.2. The van der Waals surface area contributed by atoms with Gasteiger partial charge in [0.2, 0.25) is 0 Å². The molecule has 17 aromatic rings. The fourth-order valence-electron chi connectivity index (χ4n) is 13.1. The molecule has 0 fully saturated rings. The summed E-state index contributed by atoms with van der Waals surface area (Å²) in [5, 5.41) is 15.2. The first-order chi connectivity index (χ1) is 34.8. The molecule has 0 atom stereocenters. The van der Waals surface area contributed by atoms with Crippen molar-refractivity contribution in [3.05, 3.63) is 231 Å². The lowest BCUT2D eigenvalue weighted by Crippen LogP contribution is -1.96. The number of hydrogen-bond acceptors (Lipinski definition) is 0. The van der Waals surface area contributed by atoms with E-state index in [4.69, 9.17) is 0 Å². The van der Waals surface area contributed by atoms with Crippen LogP contribution in [0.2, 0.25) is 0 Å². The molecule has 17 rings (SSSR count). The normalized spacial score (nSPS) is 12.6. The van der Waals surface area contributed by atoms with E-state index in [1.807, 2.05) is 0 Å². The predicted octanol–water partition coefficient (Wildman–Crippen LogP) is 17.5. The average molecular weight is 887 g/mol. The molecule has 0 bridgehead atoms. The van der Waals surface area contributed by atoms with Crippen LogP contribution in [0, 0.1) is 0 Å². The van der Waals surface area contributed by atoms with Crippen molar-refractivity contribution in [3.8, 4) is 33.6 Å². The van der Waals surface area contributed by atoms with Crippen LogP contribution >= 0.6 is 0 Å². The second-order valence-corrected chi connectivity index (χ2v) is 19.1. The highest BCUT2D eigenvalue weighted by atomic mass is 15.0. The van der Waals surface area contributed by atoms with Gasteiger partial charge in [-0.05, 0) is 70.8 Å². The Hall–Kier alpha value is -9.38. The average Bonchev–Trinajstić information content (AvgIpc) is 4.27. The predicted molar refractivity (Wildman–Crippen MR) is 295 cm³/mol. The molecule has 4 nitrogen and oxygen atoms in total. The van der Waals surface area contributed by atoms with Crippen molar-refractivity contribution in [2.45, 2.75) is 0 Å². The van der Waals surface area contributed by atoms with Gasteiger partial charge in [0.25, 0.3) is 0 Å². The second-order valence-electron chi connectivity index (χ2n) is 19.1. The van der Waals surface area contributed by atoms with E-state index in [9.17, 15) is 0 Å². The Labute approximate surface area is 400 Å². The van der Waals surface area contributed by atoms with Gasteiger partial charge in [-0.2, -0.15) is 0 Å². The van der Waals surface area contributed by atoms with Crippen LogP contribution < -0.4 is 0 Å². The Morgan fingerprint density at radius 3 is 0.914 bits per heavy atom. The minimum Gasteiger partial charge on any atom is -0.307 e. The van der Waals surface area contributed by atoms with Crippen LogP contribution in [0.15, 0.2) is 231 Å². The summed E-state index contributed by atoms with van der Waals surface area (Å²) in [5.74, 6) is 0. The number of aromatic nitrogens is 4.